The molecule has 0 aliphatic heterocycles. The summed E-state index contributed by atoms with van der Waals surface area (Å²) in [6, 6.07) is 12.1. The molecular formula is C15H15ClN2O2S. The number of nitrogens with two attached hydrogens (primary N) is 1. The molecule has 0 fully saturated rings. The lowest BCUT2D eigenvalue weighted by Crippen LogP contribution is -2.20. The average Bonchev–Trinajstić information content (AvgIpc) is 2.44. The van der Waals surface area contributed by atoms with Gasteiger partial charge in [-0.05, 0) is 37.3 Å². The van der Waals surface area contributed by atoms with E-state index in [1.807, 2.05) is 19.1 Å². The van der Waals surface area contributed by atoms with Crippen molar-refractivity contribution in [2.75, 3.05) is 16.8 Å². The molecule has 2 rings (SSSR count). The van der Waals surface area contributed by atoms with Crippen LogP contribution in [0, 0.1) is 6.92 Å². The summed E-state index contributed by atoms with van der Waals surface area (Å²) in [4.78, 5) is 12.3. The lowest BCUT2D eigenvalue weighted by Gasteiger charge is -2.08. The number of carbonyl (C=O) groups is 1. The van der Waals surface area contributed by atoms with Gasteiger partial charge in [-0.3, -0.25) is 9.00 Å². The highest BCUT2D eigenvalue weighted by Crippen LogP contribution is 2.21. The van der Waals surface area contributed by atoms with Crippen LogP contribution < -0.4 is 11.1 Å². The van der Waals surface area contributed by atoms with Crippen molar-refractivity contribution in [2.45, 2.75) is 11.8 Å². The van der Waals surface area contributed by atoms with Crippen molar-refractivity contribution < 1.29 is 9.00 Å². The molecule has 6 heteroatoms. The molecule has 0 aliphatic carbocycles. The molecule has 0 heterocycles. The number of anilines is 2. The van der Waals surface area contributed by atoms with Gasteiger partial charge in [0.1, 0.15) is 5.75 Å². The smallest absolute Gasteiger partial charge is 0.237 e. The predicted octanol–water partition coefficient (Wildman–Crippen LogP) is 2.98. The number of rotatable bonds is 4. The van der Waals surface area contributed by atoms with Crippen molar-refractivity contribution in [1.29, 1.82) is 0 Å². The van der Waals surface area contributed by atoms with E-state index in [1.54, 1.807) is 24.3 Å². The molecule has 2 aromatic carbocycles. The van der Waals surface area contributed by atoms with Crippen LogP contribution in [0.3, 0.4) is 0 Å². The molecule has 0 saturated carbocycles. The van der Waals surface area contributed by atoms with Crippen LogP contribution in [0.4, 0.5) is 11.4 Å². The number of hydrogen-bond donors (Lipinski definition) is 2. The summed E-state index contributed by atoms with van der Waals surface area (Å²) in [6.07, 6.45) is 0. The molecule has 0 aromatic heterocycles. The molecule has 0 saturated heterocycles. The predicted molar refractivity (Wildman–Crippen MR) is 86.9 cm³/mol. The first-order valence-electron chi connectivity index (χ1n) is 6.25. The fourth-order valence-corrected chi connectivity index (χ4v) is 3.03. The van der Waals surface area contributed by atoms with Crippen molar-refractivity contribution in [3.63, 3.8) is 0 Å². The zero-order chi connectivity index (χ0) is 15.4. The summed E-state index contributed by atoms with van der Waals surface area (Å²) < 4.78 is 12.2. The van der Waals surface area contributed by atoms with Gasteiger partial charge in [-0.25, -0.2) is 0 Å². The maximum atomic E-state index is 12.2. The largest absolute Gasteiger partial charge is 0.398 e. The van der Waals surface area contributed by atoms with E-state index in [2.05, 4.69) is 5.32 Å². The maximum Gasteiger partial charge on any atom is 0.237 e. The second kappa shape index (κ2) is 6.74. The maximum absolute atomic E-state index is 12.2. The monoisotopic (exact) mass is 322 g/mol. The van der Waals surface area contributed by atoms with Gasteiger partial charge in [0.05, 0.1) is 15.7 Å². The molecule has 1 atom stereocenters. The molecule has 1 amide bonds. The Bertz CT molecular complexity index is 687. The Kier molecular flexibility index (Phi) is 4.98. The summed E-state index contributed by atoms with van der Waals surface area (Å²) in [5.74, 6) is -0.505. The number of nitrogen functional groups attached to an aromatic ring is 1. The Hall–Kier alpha value is -1.85. The van der Waals surface area contributed by atoms with Crippen molar-refractivity contribution >= 4 is 39.7 Å². The minimum atomic E-state index is -1.53. The first kappa shape index (κ1) is 15.5. The number of hydrogen-bond acceptors (Lipinski definition) is 3. The van der Waals surface area contributed by atoms with Crippen molar-refractivity contribution in [2.24, 2.45) is 0 Å². The standard InChI is InChI=1S/C15H15ClN2O2S/c1-10-2-5-12(6-3-10)18-15(19)9-21(20)14-8-11(16)4-7-13(14)17/h2-8H,9,17H2,1H3,(H,18,19). The van der Waals surface area contributed by atoms with Crippen molar-refractivity contribution in [3.8, 4) is 0 Å². The van der Waals surface area contributed by atoms with E-state index >= 15 is 0 Å². The van der Waals surface area contributed by atoms with Crippen molar-refractivity contribution in [1.82, 2.24) is 0 Å². The summed E-state index contributed by atoms with van der Waals surface area (Å²) in [5.41, 5.74) is 7.88. The van der Waals surface area contributed by atoms with E-state index in [1.165, 1.54) is 6.07 Å². The van der Waals surface area contributed by atoms with Gasteiger partial charge in [-0.15, -0.1) is 0 Å². The Morgan fingerprint density at radius 2 is 1.90 bits per heavy atom. The van der Waals surface area contributed by atoms with Crippen LogP contribution in [0.2, 0.25) is 5.02 Å². The topological polar surface area (TPSA) is 72.2 Å². The van der Waals surface area contributed by atoms with Gasteiger partial charge in [0.15, 0.2) is 0 Å². The van der Waals surface area contributed by atoms with Crippen LogP contribution in [0.5, 0.6) is 0 Å². The Balaban J connectivity index is 2.03. The van der Waals surface area contributed by atoms with Gasteiger partial charge in [-0.1, -0.05) is 29.3 Å². The summed E-state index contributed by atoms with van der Waals surface area (Å²) in [5, 5.41) is 3.13. The van der Waals surface area contributed by atoms with Gasteiger partial charge in [0.2, 0.25) is 5.91 Å². The quantitative estimate of drug-likeness (QED) is 0.850. The number of aryl methyl sites for hydroxylation is 1. The third kappa shape index (κ3) is 4.31. The Labute approximate surface area is 130 Å². The minimum Gasteiger partial charge on any atom is -0.398 e. The summed E-state index contributed by atoms with van der Waals surface area (Å²) in [6.45, 7) is 1.96. The Morgan fingerprint density at radius 1 is 1.24 bits per heavy atom. The van der Waals surface area contributed by atoms with Crippen LogP contribution >= 0.6 is 11.6 Å². The van der Waals surface area contributed by atoms with E-state index < -0.39 is 10.8 Å². The van der Waals surface area contributed by atoms with Gasteiger partial charge < -0.3 is 11.1 Å². The summed E-state index contributed by atoms with van der Waals surface area (Å²) >= 11 is 5.85. The Morgan fingerprint density at radius 3 is 2.57 bits per heavy atom. The van der Waals surface area contributed by atoms with Gasteiger partial charge >= 0.3 is 0 Å². The van der Waals surface area contributed by atoms with Crippen LogP contribution in [0.1, 0.15) is 5.56 Å². The van der Waals surface area contributed by atoms with Gasteiger partial charge in [0.25, 0.3) is 0 Å². The second-order valence-electron chi connectivity index (χ2n) is 4.59. The molecule has 110 valence electrons. The molecule has 0 aliphatic rings. The van der Waals surface area contributed by atoms with Crippen molar-refractivity contribution in [3.05, 3.63) is 53.1 Å². The fourth-order valence-electron chi connectivity index (χ4n) is 1.74. The van der Waals surface area contributed by atoms with E-state index in [4.69, 9.17) is 17.3 Å². The van der Waals surface area contributed by atoms with Crippen LogP contribution in [0.25, 0.3) is 0 Å². The highest BCUT2D eigenvalue weighted by atomic mass is 35.5. The second-order valence-corrected chi connectivity index (χ2v) is 6.44. The van der Waals surface area contributed by atoms with Crippen LogP contribution in [0.15, 0.2) is 47.4 Å². The highest BCUT2D eigenvalue weighted by Gasteiger charge is 2.13. The number of nitrogens with one attached hydrogen (secondary N) is 1. The molecule has 0 spiro atoms. The lowest BCUT2D eigenvalue weighted by molar-refractivity contribution is -0.113. The number of halogens is 1. The first-order valence-corrected chi connectivity index (χ1v) is 7.95. The van der Waals surface area contributed by atoms with Gasteiger partial charge in [-0.2, -0.15) is 0 Å². The van der Waals surface area contributed by atoms with Crippen LogP contribution in [-0.4, -0.2) is 15.9 Å². The molecule has 2 aromatic rings. The minimum absolute atomic E-state index is 0.168. The molecule has 21 heavy (non-hydrogen) atoms. The van der Waals surface area contributed by atoms with E-state index in [0.717, 1.165) is 5.56 Å². The fraction of sp³-hybridized carbons (Fsp3) is 0.133. The normalized spacial score (nSPS) is 11.9. The third-order valence-electron chi connectivity index (χ3n) is 2.82. The molecule has 4 nitrogen and oxygen atoms in total. The third-order valence-corrected chi connectivity index (χ3v) is 4.42. The lowest BCUT2D eigenvalue weighted by atomic mass is 10.2. The van der Waals surface area contributed by atoms with Gasteiger partial charge in [0, 0.05) is 16.4 Å². The zero-order valence-corrected chi connectivity index (χ0v) is 13.0. The van der Waals surface area contributed by atoms with E-state index in [-0.39, 0.29) is 11.7 Å². The average molecular weight is 323 g/mol. The molecule has 3 N–H and O–H groups in total. The van der Waals surface area contributed by atoms with E-state index in [9.17, 15) is 9.00 Å². The number of carbonyl (C=O) groups excluding carboxylic acids is 1. The number of benzene rings is 2. The SMILES string of the molecule is Cc1ccc(NC(=O)CS(=O)c2cc(Cl)ccc2N)cc1. The number of amides is 1. The zero-order valence-electron chi connectivity index (χ0n) is 11.4. The molecule has 0 bridgehead atoms. The van der Waals surface area contributed by atoms with Crippen LogP contribution in [-0.2, 0) is 15.6 Å². The highest BCUT2D eigenvalue weighted by molar-refractivity contribution is 7.86. The summed E-state index contributed by atoms with van der Waals surface area (Å²) in [7, 11) is -1.53. The molecule has 1 unspecified atom stereocenters. The van der Waals surface area contributed by atoms with E-state index in [0.29, 0.717) is 21.3 Å². The molecular weight excluding hydrogens is 308 g/mol. The first-order chi connectivity index (χ1) is 9.95. The molecule has 0 radical (unpaired) electrons.